The number of benzene rings is 1. The van der Waals surface area contributed by atoms with Crippen molar-refractivity contribution in [2.75, 3.05) is 24.6 Å². The summed E-state index contributed by atoms with van der Waals surface area (Å²) in [6.45, 7) is 6.19. The fraction of sp³-hybridized carbons (Fsp3) is 0.462. The summed E-state index contributed by atoms with van der Waals surface area (Å²) in [6.07, 6.45) is 0.253. The molecule has 0 saturated carbocycles. The van der Waals surface area contributed by atoms with Crippen LogP contribution in [0.25, 0.3) is 0 Å². The number of ketones is 1. The second-order valence-corrected chi connectivity index (χ2v) is 5.20. The molecule has 0 bridgehead atoms. The summed E-state index contributed by atoms with van der Waals surface area (Å²) in [5, 5.41) is 0. The molecule has 1 aliphatic rings. The molecular formula is C13H16BrNO2. The highest BCUT2D eigenvalue weighted by Crippen LogP contribution is 2.28. The molecule has 1 fully saturated rings. The van der Waals surface area contributed by atoms with Crippen LogP contribution in [0.1, 0.15) is 24.2 Å². The molecular weight excluding hydrogens is 282 g/mol. The first-order valence-electron chi connectivity index (χ1n) is 5.75. The van der Waals surface area contributed by atoms with Gasteiger partial charge in [0.2, 0.25) is 0 Å². The summed E-state index contributed by atoms with van der Waals surface area (Å²) >= 11 is 3.54. The van der Waals surface area contributed by atoms with Gasteiger partial charge < -0.3 is 9.64 Å². The average molecular weight is 298 g/mol. The first-order chi connectivity index (χ1) is 8.08. The second-order valence-electron chi connectivity index (χ2n) is 4.35. The summed E-state index contributed by atoms with van der Waals surface area (Å²) in [6, 6.07) is 5.76. The fourth-order valence-corrected chi connectivity index (χ4v) is 2.65. The minimum atomic E-state index is 0.0904. The molecule has 1 aromatic rings. The highest BCUT2D eigenvalue weighted by atomic mass is 79.9. The summed E-state index contributed by atoms with van der Waals surface area (Å²) in [4.78, 5) is 13.6. The number of carbonyl (C=O) groups is 1. The van der Waals surface area contributed by atoms with Crippen molar-refractivity contribution in [1.29, 1.82) is 0 Å². The van der Waals surface area contributed by atoms with Gasteiger partial charge in [0.1, 0.15) is 0 Å². The van der Waals surface area contributed by atoms with Crippen molar-refractivity contribution >= 4 is 27.4 Å². The zero-order valence-electron chi connectivity index (χ0n) is 10.1. The van der Waals surface area contributed by atoms with Gasteiger partial charge >= 0.3 is 0 Å². The van der Waals surface area contributed by atoms with E-state index >= 15 is 0 Å². The molecule has 3 nitrogen and oxygen atoms in total. The van der Waals surface area contributed by atoms with Gasteiger partial charge in [-0.25, -0.2) is 0 Å². The smallest absolute Gasteiger partial charge is 0.159 e. The molecule has 0 N–H and O–H groups in total. The molecule has 0 aromatic heterocycles. The maximum atomic E-state index is 11.3. The van der Waals surface area contributed by atoms with Crippen LogP contribution in [0.3, 0.4) is 0 Å². The van der Waals surface area contributed by atoms with E-state index in [0.29, 0.717) is 0 Å². The van der Waals surface area contributed by atoms with Crippen LogP contribution in [-0.4, -0.2) is 31.6 Å². The molecule has 1 aromatic carbocycles. The molecule has 0 amide bonds. The minimum absolute atomic E-state index is 0.0904. The molecule has 92 valence electrons. The second kappa shape index (κ2) is 5.19. The first-order valence-corrected chi connectivity index (χ1v) is 6.54. The monoisotopic (exact) mass is 297 g/mol. The predicted octanol–water partition coefficient (Wildman–Crippen LogP) is 2.88. The molecule has 1 unspecified atom stereocenters. The van der Waals surface area contributed by atoms with E-state index < -0.39 is 0 Å². The zero-order valence-corrected chi connectivity index (χ0v) is 11.7. The van der Waals surface area contributed by atoms with Gasteiger partial charge in [-0.3, -0.25) is 4.79 Å². The Morgan fingerprint density at radius 2 is 2.29 bits per heavy atom. The molecule has 17 heavy (non-hydrogen) atoms. The summed E-state index contributed by atoms with van der Waals surface area (Å²) in [7, 11) is 0. The Kier molecular flexibility index (Phi) is 3.84. The van der Waals surface area contributed by atoms with Crippen molar-refractivity contribution < 1.29 is 9.53 Å². The van der Waals surface area contributed by atoms with Gasteiger partial charge in [-0.05, 0) is 48.0 Å². The Labute approximate surface area is 110 Å². The van der Waals surface area contributed by atoms with Gasteiger partial charge in [0.25, 0.3) is 0 Å². The number of carbonyl (C=O) groups excluding carboxylic acids is 1. The summed E-state index contributed by atoms with van der Waals surface area (Å²) < 4.78 is 6.49. The number of Topliss-reactive ketones (excluding diaryl/α,β-unsaturated/α-hetero) is 1. The van der Waals surface area contributed by atoms with Crippen molar-refractivity contribution in [2.24, 2.45) is 0 Å². The van der Waals surface area contributed by atoms with Gasteiger partial charge in [-0.2, -0.15) is 0 Å². The summed E-state index contributed by atoms with van der Waals surface area (Å²) in [5.74, 6) is 0.0904. The molecule has 1 saturated heterocycles. The lowest BCUT2D eigenvalue weighted by Gasteiger charge is -2.33. The Morgan fingerprint density at radius 1 is 1.53 bits per heavy atom. The highest BCUT2D eigenvalue weighted by Gasteiger charge is 2.19. The molecule has 0 spiro atoms. The molecule has 4 heteroatoms. The molecule has 1 heterocycles. The van der Waals surface area contributed by atoms with Crippen molar-refractivity contribution in [3.05, 3.63) is 28.2 Å². The third kappa shape index (κ3) is 2.87. The van der Waals surface area contributed by atoms with Crippen LogP contribution < -0.4 is 4.90 Å². The van der Waals surface area contributed by atoms with Gasteiger partial charge in [0.05, 0.1) is 18.4 Å². The van der Waals surface area contributed by atoms with Crippen LogP contribution >= 0.6 is 15.9 Å². The van der Waals surface area contributed by atoms with E-state index in [9.17, 15) is 4.79 Å². The van der Waals surface area contributed by atoms with Crippen molar-refractivity contribution in [3.63, 3.8) is 0 Å². The molecule has 1 atom stereocenters. The number of anilines is 1. The van der Waals surface area contributed by atoms with Crippen LogP contribution in [0.2, 0.25) is 0 Å². The van der Waals surface area contributed by atoms with E-state index in [1.54, 1.807) is 6.92 Å². The number of rotatable bonds is 2. The maximum Gasteiger partial charge on any atom is 0.159 e. The van der Waals surface area contributed by atoms with Crippen LogP contribution in [0.15, 0.2) is 22.7 Å². The number of nitrogens with zero attached hydrogens (tertiary/aromatic N) is 1. The molecule has 0 aliphatic carbocycles. The first kappa shape index (κ1) is 12.6. The fourth-order valence-electron chi connectivity index (χ4n) is 2.02. The normalized spacial score (nSPS) is 20.4. The predicted molar refractivity (Wildman–Crippen MR) is 71.8 cm³/mol. The van der Waals surface area contributed by atoms with E-state index in [1.807, 2.05) is 18.2 Å². The van der Waals surface area contributed by atoms with Gasteiger partial charge in [-0.1, -0.05) is 0 Å². The minimum Gasteiger partial charge on any atom is -0.375 e. The summed E-state index contributed by atoms with van der Waals surface area (Å²) in [5.41, 5.74) is 1.87. The van der Waals surface area contributed by atoms with Gasteiger partial charge in [0, 0.05) is 23.1 Å². The lowest BCUT2D eigenvalue weighted by atomic mass is 10.1. The number of morpholine rings is 1. The maximum absolute atomic E-state index is 11.3. The van der Waals surface area contributed by atoms with Crippen molar-refractivity contribution in [1.82, 2.24) is 0 Å². The Morgan fingerprint density at radius 3 is 2.88 bits per heavy atom. The lowest BCUT2D eigenvalue weighted by molar-refractivity contribution is 0.0532. The number of hydrogen-bond acceptors (Lipinski definition) is 3. The molecule has 0 radical (unpaired) electrons. The average Bonchev–Trinajstić information content (AvgIpc) is 2.28. The van der Waals surface area contributed by atoms with E-state index in [4.69, 9.17) is 4.74 Å². The molecule has 1 aliphatic heterocycles. The van der Waals surface area contributed by atoms with E-state index in [0.717, 1.165) is 35.4 Å². The van der Waals surface area contributed by atoms with E-state index in [2.05, 4.69) is 27.8 Å². The quantitative estimate of drug-likeness (QED) is 0.786. The standard InChI is InChI=1S/C13H16BrNO2/c1-9-8-15(5-6-17-9)13-4-3-11(10(2)16)7-12(13)14/h3-4,7,9H,5-6,8H2,1-2H3. The SMILES string of the molecule is CC(=O)c1ccc(N2CCOC(C)C2)c(Br)c1. The largest absolute Gasteiger partial charge is 0.375 e. The highest BCUT2D eigenvalue weighted by molar-refractivity contribution is 9.10. The Hall–Kier alpha value is -0.870. The van der Waals surface area contributed by atoms with Crippen molar-refractivity contribution in [2.45, 2.75) is 20.0 Å². The van der Waals surface area contributed by atoms with Crippen LogP contribution in [-0.2, 0) is 4.74 Å². The zero-order chi connectivity index (χ0) is 12.4. The van der Waals surface area contributed by atoms with Crippen LogP contribution in [0.5, 0.6) is 0 Å². The van der Waals surface area contributed by atoms with E-state index in [-0.39, 0.29) is 11.9 Å². The van der Waals surface area contributed by atoms with E-state index in [1.165, 1.54) is 0 Å². The lowest BCUT2D eigenvalue weighted by Crippen LogP contribution is -2.41. The third-order valence-corrected chi connectivity index (χ3v) is 3.57. The van der Waals surface area contributed by atoms with Gasteiger partial charge in [-0.15, -0.1) is 0 Å². The Balaban J connectivity index is 2.23. The van der Waals surface area contributed by atoms with Crippen LogP contribution in [0, 0.1) is 0 Å². The number of halogens is 1. The van der Waals surface area contributed by atoms with Gasteiger partial charge in [0.15, 0.2) is 5.78 Å². The van der Waals surface area contributed by atoms with Crippen molar-refractivity contribution in [3.8, 4) is 0 Å². The number of hydrogen-bond donors (Lipinski definition) is 0. The topological polar surface area (TPSA) is 29.5 Å². The molecule has 2 rings (SSSR count). The third-order valence-electron chi connectivity index (χ3n) is 2.94. The number of ether oxygens (including phenoxy) is 1. The van der Waals surface area contributed by atoms with Crippen LogP contribution in [0.4, 0.5) is 5.69 Å². The Bertz CT molecular complexity index is 433.